The molecular weight excluding hydrogens is 560 g/mol. The highest BCUT2D eigenvalue weighted by atomic mass is 35.5. The van der Waals surface area contributed by atoms with Crippen LogP contribution in [-0.2, 0) is 4.75 Å². The maximum absolute atomic E-state index is 6.16. The van der Waals surface area contributed by atoms with Crippen molar-refractivity contribution in [1.29, 1.82) is 0 Å². The molecule has 6 heteroatoms. The van der Waals surface area contributed by atoms with Crippen LogP contribution in [0.25, 0.3) is 4.91 Å². The second-order valence-corrected chi connectivity index (χ2v) is 12.3. The number of benzene rings is 4. The maximum Gasteiger partial charge on any atom is 0.0723 e. The number of hydrogen-bond donors (Lipinski definition) is 2. The zero-order valence-electron chi connectivity index (χ0n) is 19.2. The van der Waals surface area contributed by atoms with Gasteiger partial charge in [0.15, 0.2) is 0 Å². The van der Waals surface area contributed by atoms with Gasteiger partial charge in [-0.3, -0.25) is 0 Å². The number of rotatable bonds is 9. The van der Waals surface area contributed by atoms with Crippen LogP contribution in [0.15, 0.2) is 137 Å². The van der Waals surface area contributed by atoms with Crippen molar-refractivity contribution in [1.82, 2.24) is 0 Å². The highest BCUT2D eigenvalue weighted by Gasteiger charge is 2.35. The summed E-state index contributed by atoms with van der Waals surface area (Å²) >= 11 is 25.8. The van der Waals surface area contributed by atoms with Gasteiger partial charge in [-0.2, -0.15) is 12.6 Å². The molecule has 0 aliphatic heterocycles. The largest absolute Gasteiger partial charge is 0.162 e. The van der Waals surface area contributed by atoms with Gasteiger partial charge in [-0.05, 0) is 65.1 Å². The Morgan fingerprint density at radius 1 is 0.722 bits per heavy atom. The normalized spacial score (nSPS) is 14.5. The van der Waals surface area contributed by atoms with Crippen molar-refractivity contribution in [2.75, 3.05) is 0 Å². The van der Waals surface area contributed by atoms with E-state index in [4.69, 9.17) is 48.5 Å². The summed E-state index contributed by atoms with van der Waals surface area (Å²) in [5.74, 6) is 0. The van der Waals surface area contributed by atoms with Gasteiger partial charge in [0, 0.05) is 24.7 Å². The van der Waals surface area contributed by atoms with Crippen LogP contribution in [0.1, 0.15) is 11.1 Å². The standard InChI is InChI=1S/C30H24Cl2S4/c31-24-11-15-26(16-12-24)35-20-19-30(34,23-9-5-2-6-10-23)29(36-27-17-13-25(32)14-18-27)21-28(33)22-7-3-1-4-8-22/h1-21,29,33-34H/b20-19+,28-21-. The van der Waals surface area contributed by atoms with E-state index in [-0.39, 0.29) is 5.25 Å². The lowest BCUT2D eigenvalue weighted by atomic mass is 9.93. The van der Waals surface area contributed by atoms with Crippen molar-refractivity contribution in [3.63, 3.8) is 0 Å². The van der Waals surface area contributed by atoms with E-state index in [1.165, 1.54) is 0 Å². The Hall–Kier alpha value is -1.66. The summed E-state index contributed by atoms with van der Waals surface area (Å²) in [5, 5.41) is 3.46. The van der Waals surface area contributed by atoms with E-state index < -0.39 is 4.75 Å². The van der Waals surface area contributed by atoms with Crippen molar-refractivity contribution in [2.45, 2.75) is 19.8 Å². The summed E-state index contributed by atoms with van der Waals surface area (Å²) in [4.78, 5) is 3.11. The molecule has 0 fully saturated rings. The molecule has 0 aliphatic rings. The first kappa shape index (κ1) is 27.4. The molecule has 0 saturated carbocycles. The van der Waals surface area contributed by atoms with Gasteiger partial charge in [0.05, 0.1) is 10.00 Å². The molecule has 4 aromatic carbocycles. The quantitative estimate of drug-likeness (QED) is 0.149. The average Bonchev–Trinajstić information content (AvgIpc) is 2.91. The van der Waals surface area contributed by atoms with Gasteiger partial charge in [-0.15, -0.1) is 24.4 Å². The van der Waals surface area contributed by atoms with Gasteiger partial charge in [-0.25, -0.2) is 0 Å². The summed E-state index contributed by atoms with van der Waals surface area (Å²) in [6.45, 7) is 0. The number of halogens is 2. The lowest BCUT2D eigenvalue weighted by Gasteiger charge is -2.33. The first-order valence-corrected chi connectivity index (χ1v) is 14.6. The Morgan fingerprint density at radius 3 is 1.83 bits per heavy atom. The summed E-state index contributed by atoms with van der Waals surface area (Å²) in [7, 11) is 0. The molecule has 2 unspecified atom stereocenters. The summed E-state index contributed by atoms with van der Waals surface area (Å²) in [6.07, 6.45) is 4.36. The zero-order chi connectivity index (χ0) is 25.4. The Balaban J connectivity index is 1.76. The minimum Gasteiger partial charge on any atom is -0.162 e. The average molecular weight is 584 g/mol. The topological polar surface area (TPSA) is 0 Å². The van der Waals surface area contributed by atoms with Gasteiger partial charge in [0.25, 0.3) is 0 Å². The van der Waals surface area contributed by atoms with E-state index in [1.807, 2.05) is 84.9 Å². The predicted molar refractivity (Wildman–Crippen MR) is 168 cm³/mol. The van der Waals surface area contributed by atoms with E-state index in [0.29, 0.717) is 5.02 Å². The fraction of sp³-hybridized carbons (Fsp3) is 0.0667. The smallest absolute Gasteiger partial charge is 0.0723 e. The minimum absolute atomic E-state index is 0.0841. The van der Waals surface area contributed by atoms with Crippen molar-refractivity contribution < 1.29 is 0 Å². The van der Waals surface area contributed by atoms with Crippen LogP contribution in [-0.4, -0.2) is 5.25 Å². The third kappa shape index (κ3) is 7.44. The molecule has 0 aromatic heterocycles. The minimum atomic E-state index is -0.631. The lowest BCUT2D eigenvalue weighted by molar-refractivity contribution is 0.814. The van der Waals surface area contributed by atoms with E-state index in [0.717, 1.165) is 30.8 Å². The molecule has 0 bridgehead atoms. The van der Waals surface area contributed by atoms with Crippen LogP contribution in [0.3, 0.4) is 0 Å². The van der Waals surface area contributed by atoms with E-state index in [2.05, 4.69) is 41.8 Å². The molecule has 4 aromatic rings. The SMILES string of the molecule is S/C(=C\C(Sc1ccc(Cl)cc1)C(S)(/C=C/Sc1ccc(Cl)cc1)c1ccccc1)c1ccccc1. The van der Waals surface area contributed by atoms with E-state index in [1.54, 1.807) is 23.5 Å². The lowest BCUT2D eigenvalue weighted by Crippen LogP contribution is -2.29. The molecule has 0 nitrogen and oxygen atoms in total. The highest BCUT2D eigenvalue weighted by molar-refractivity contribution is 8.02. The molecule has 0 radical (unpaired) electrons. The zero-order valence-corrected chi connectivity index (χ0v) is 24.1. The molecule has 0 heterocycles. The fourth-order valence-corrected chi connectivity index (χ4v) is 6.68. The molecule has 0 amide bonds. The second kappa shape index (κ2) is 13.2. The molecule has 36 heavy (non-hydrogen) atoms. The second-order valence-electron chi connectivity index (χ2n) is 7.98. The van der Waals surface area contributed by atoms with Crippen LogP contribution < -0.4 is 0 Å². The molecule has 0 N–H and O–H groups in total. The van der Waals surface area contributed by atoms with Crippen molar-refractivity contribution >= 4 is 76.9 Å². The Bertz CT molecular complexity index is 1300. The van der Waals surface area contributed by atoms with Crippen LogP contribution in [0.2, 0.25) is 10.0 Å². The Morgan fingerprint density at radius 2 is 1.25 bits per heavy atom. The predicted octanol–water partition coefficient (Wildman–Crippen LogP) is 10.6. The molecule has 0 aliphatic carbocycles. The summed E-state index contributed by atoms with van der Waals surface area (Å²) < 4.78 is -0.631. The van der Waals surface area contributed by atoms with Crippen molar-refractivity contribution in [3.05, 3.63) is 148 Å². The first-order valence-electron chi connectivity index (χ1n) is 11.2. The third-order valence-electron chi connectivity index (χ3n) is 5.47. The van der Waals surface area contributed by atoms with Crippen LogP contribution >= 0.6 is 72.0 Å². The highest BCUT2D eigenvalue weighted by Crippen LogP contribution is 2.46. The molecule has 2 atom stereocenters. The number of hydrogen-bond acceptors (Lipinski definition) is 4. The summed E-state index contributed by atoms with van der Waals surface area (Å²) in [6, 6.07) is 36.3. The van der Waals surface area contributed by atoms with Crippen LogP contribution in [0.5, 0.6) is 0 Å². The van der Waals surface area contributed by atoms with Crippen molar-refractivity contribution in [2.24, 2.45) is 0 Å². The number of thioether (sulfide) groups is 2. The van der Waals surface area contributed by atoms with E-state index >= 15 is 0 Å². The monoisotopic (exact) mass is 582 g/mol. The van der Waals surface area contributed by atoms with Gasteiger partial charge in [-0.1, -0.05) is 108 Å². The Kier molecular flexibility index (Phi) is 10.1. The van der Waals surface area contributed by atoms with Gasteiger partial charge >= 0.3 is 0 Å². The van der Waals surface area contributed by atoms with Gasteiger partial charge < -0.3 is 0 Å². The summed E-state index contributed by atoms with van der Waals surface area (Å²) in [5.41, 5.74) is 2.16. The van der Waals surface area contributed by atoms with Crippen molar-refractivity contribution in [3.8, 4) is 0 Å². The fourth-order valence-electron chi connectivity index (χ4n) is 3.55. The number of thiol groups is 2. The molecule has 182 valence electrons. The van der Waals surface area contributed by atoms with Gasteiger partial charge in [0.2, 0.25) is 0 Å². The van der Waals surface area contributed by atoms with Gasteiger partial charge in [0.1, 0.15) is 0 Å². The van der Waals surface area contributed by atoms with Crippen LogP contribution in [0.4, 0.5) is 0 Å². The molecular formula is C30H24Cl2S4. The molecule has 0 saturated heterocycles. The first-order chi connectivity index (χ1) is 17.4. The van der Waals surface area contributed by atoms with Crippen LogP contribution in [0, 0.1) is 0 Å². The van der Waals surface area contributed by atoms with E-state index in [9.17, 15) is 0 Å². The molecule has 0 spiro atoms. The molecule has 4 rings (SSSR count). The maximum atomic E-state index is 6.16. The third-order valence-corrected chi connectivity index (χ3v) is 9.36. The Labute approximate surface area is 243 Å².